The van der Waals surface area contributed by atoms with E-state index in [1.165, 1.54) is 11.0 Å². The molecule has 0 aliphatic carbocycles. The molecule has 1 heterocycles. The molecule has 1 fully saturated rings. The highest BCUT2D eigenvalue weighted by molar-refractivity contribution is 7.91. The van der Waals surface area contributed by atoms with Gasteiger partial charge >= 0.3 is 5.97 Å². The first-order valence-electron chi connectivity index (χ1n) is 8.43. The summed E-state index contributed by atoms with van der Waals surface area (Å²) in [7, 11) is -3.68. The maximum atomic E-state index is 12.6. The molecule has 7 nitrogen and oxygen atoms in total. The van der Waals surface area contributed by atoms with Gasteiger partial charge in [0.2, 0.25) is 5.91 Å². The second-order valence-corrected chi connectivity index (χ2v) is 8.91. The van der Waals surface area contributed by atoms with Gasteiger partial charge < -0.3 is 15.3 Å². The fourth-order valence-electron chi connectivity index (χ4n) is 3.09. The molecule has 1 amide bonds. The normalized spacial score (nSPS) is 17.8. The van der Waals surface area contributed by atoms with Crippen LogP contribution in [0.3, 0.4) is 0 Å². The van der Waals surface area contributed by atoms with Crippen LogP contribution in [0.5, 0.6) is 0 Å². The van der Waals surface area contributed by atoms with Gasteiger partial charge in [-0.25, -0.2) is 13.2 Å². The molecule has 1 saturated heterocycles. The number of rotatable bonds is 5. The fraction of sp³-hybridized carbons (Fsp3) is 0.333. The van der Waals surface area contributed by atoms with Gasteiger partial charge in [-0.3, -0.25) is 4.79 Å². The number of carboxylic acids is 1. The third-order valence-corrected chi connectivity index (χ3v) is 6.52. The van der Waals surface area contributed by atoms with Crippen LogP contribution in [-0.2, 0) is 19.4 Å². The van der Waals surface area contributed by atoms with Crippen LogP contribution in [0.2, 0.25) is 5.02 Å². The predicted molar refractivity (Wildman–Crippen MR) is 102 cm³/mol. The van der Waals surface area contributed by atoms with Crippen molar-refractivity contribution in [2.45, 2.75) is 17.4 Å². The average Bonchev–Trinajstić information content (AvgIpc) is 2.65. The number of hydrogen-bond donors (Lipinski definition) is 2. The molecule has 2 aromatic carbocycles. The van der Waals surface area contributed by atoms with E-state index in [2.05, 4.69) is 5.32 Å². The number of benzene rings is 2. The highest BCUT2D eigenvalue weighted by Gasteiger charge is 2.32. The Morgan fingerprint density at radius 3 is 2.63 bits per heavy atom. The summed E-state index contributed by atoms with van der Waals surface area (Å²) in [5, 5.41) is 14.3. The molecule has 1 aliphatic rings. The number of fused-ring (bicyclic) bond motifs is 1. The van der Waals surface area contributed by atoms with E-state index < -0.39 is 27.8 Å². The van der Waals surface area contributed by atoms with Crippen LogP contribution in [0.1, 0.15) is 6.42 Å². The van der Waals surface area contributed by atoms with Crippen LogP contribution >= 0.6 is 11.6 Å². The molecule has 2 N–H and O–H groups in total. The molecule has 0 spiro atoms. The van der Waals surface area contributed by atoms with Gasteiger partial charge in [0, 0.05) is 31.1 Å². The second-order valence-electron chi connectivity index (χ2n) is 6.37. The summed E-state index contributed by atoms with van der Waals surface area (Å²) in [6, 6.07) is 8.90. The standard InChI is InChI=1S/C18H19ClN2O5S/c19-14-3-1-13-10-15(4-2-12(13)9-14)27(25,26)8-5-17(22)21-7-6-20-11-16(21)18(23)24/h1-4,9-10,16,20H,5-8,11H2,(H,23,24). The van der Waals surface area contributed by atoms with Crippen LogP contribution in [0.4, 0.5) is 0 Å². The number of piperazine rings is 1. The zero-order chi connectivity index (χ0) is 19.6. The molecule has 0 saturated carbocycles. The summed E-state index contributed by atoms with van der Waals surface area (Å²) in [5.41, 5.74) is 0. The SMILES string of the molecule is O=C(O)C1CNCCN1C(=O)CCS(=O)(=O)c1ccc2cc(Cl)ccc2c1. The average molecular weight is 411 g/mol. The highest BCUT2D eigenvalue weighted by atomic mass is 35.5. The minimum absolute atomic E-state index is 0.125. The number of amides is 1. The van der Waals surface area contributed by atoms with Gasteiger partial charge in [0.25, 0.3) is 0 Å². The summed E-state index contributed by atoms with van der Waals surface area (Å²) in [4.78, 5) is 25.0. The van der Waals surface area contributed by atoms with Gasteiger partial charge in [0.1, 0.15) is 6.04 Å². The molecule has 27 heavy (non-hydrogen) atoms. The first kappa shape index (κ1) is 19.6. The van der Waals surface area contributed by atoms with Crippen molar-refractivity contribution in [3.63, 3.8) is 0 Å². The molecule has 1 unspecified atom stereocenters. The Hall–Kier alpha value is -2.16. The summed E-state index contributed by atoms with van der Waals surface area (Å²) in [5.74, 6) is -1.95. The predicted octanol–water partition coefficient (Wildman–Crippen LogP) is 1.54. The monoisotopic (exact) mass is 410 g/mol. The Balaban J connectivity index is 1.73. The first-order valence-corrected chi connectivity index (χ1v) is 10.5. The first-order chi connectivity index (χ1) is 12.8. The van der Waals surface area contributed by atoms with Crippen LogP contribution in [-0.4, -0.2) is 61.7 Å². The Bertz CT molecular complexity index is 992. The number of carbonyl (C=O) groups is 2. The van der Waals surface area contributed by atoms with Gasteiger partial charge in [-0.1, -0.05) is 23.7 Å². The quantitative estimate of drug-likeness (QED) is 0.774. The maximum Gasteiger partial charge on any atom is 0.327 e. The Kier molecular flexibility index (Phi) is 5.69. The zero-order valence-corrected chi connectivity index (χ0v) is 16.0. The van der Waals surface area contributed by atoms with E-state index in [1.807, 2.05) is 0 Å². The molecule has 0 aromatic heterocycles. The topological polar surface area (TPSA) is 104 Å². The molecule has 0 bridgehead atoms. The summed E-state index contributed by atoms with van der Waals surface area (Å²) >= 11 is 5.93. The van der Waals surface area contributed by atoms with E-state index >= 15 is 0 Å². The number of nitrogens with one attached hydrogen (secondary N) is 1. The van der Waals surface area contributed by atoms with E-state index in [1.54, 1.807) is 30.3 Å². The molecule has 1 atom stereocenters. The van der Waals surface area contributed by atoms with Crippen LogP contribution in [0.15, 0.2) is 41.3 Å². The molecule has 3 rings (SSSR count). The molecular weight excluding hydrogens is 392 g/mol. The summed E-state index contributed by atoms with van der Waals surface area (Å²) in [6.45, 7) is 0.878. The number of halogens is 1. The van der Waals surface area contributed by atoms with Crippen molar-refractivity contribution >= 4 is 44.1 Å². The van der Waals surface area contributed by atoms with Gasteiger partial charge in [-0.15, -0.1) is 0 Å². The number of aliphatic carboxylic acids is 1. The Labute approximate surface area is 161 Å². The van der Waals surface area contributed by atoms with Crippen molar-refractivity contribution in [3.8, 4) is 0 Å². The van der Waals surface area contributed by atoms with Crippen molar-refractivity contribution in [2.75, 3.05) is 25.4 Å². The molecule has 144 valence electrons. The van der Waals surface area contributed by atoms with E-state index in [-0.39, 0.29) is 30.2 Å². The maximum absolute atomic E-state index is 12.6. The van der Waals surface area contributed by atoms with E-state index in [0.29, 0.717) is 11.6 Å². The van der Waals surface area contributed by atoms with Crippen LogP contribution < -0.4 is 5.32 Å². The van der Waals surface area contributed by atoms with Gasteiger partial charge in [0.05, 0.1) is 10.6 Å². The third-order valence-electron chi connectivity index (χ3n) is 4.57. The highest BCUT2D eigenvalue weighted by Crippen LogP contribution is 2.23. The number of nitrogens with zero attached hydrogens (tertiary/aromatic N) is 1. The van der Waals surface area contributed by atoms with E-state index in [0.717, 1.165) is 10.8 Å². The molecular formula is C18H19ClN2O5S. The molecule has 1 aliphatic heterocycles. The van der Waals surface area contributed by atoms with Crippen molar-refractivity contribution in [2.24, 2.45) is 0 Å². The minimum atomic E-state index is -3.68. The van der Waals surface area contributed by atoms with Crippen molar-refractivity contribution in [1.82, 2.24) is 10.2 Å². The van der Waals surface area contributed by atoms with Crippen molar-refractivity contribution < 1.29 is 23.1 Å². The summed E-state index contributed by atoms with van der Waals surface area (Å²) < 4.78 is 25.2. The minimum Gasteiger partial charge on any atom is -0.480 e. The lowest BCUT2D eigenvalue weighted by atomic mass is 10.1. The fourth-order valence-corrected chi connectivity index (χ4v) is 4.54. The van der Waals surface area contributed by atoms with Crippen molar-refractivity contribution in [1.29, 1.82) is 0 Å². The lowest BCUT2D eigenvalue weighted by Gasteiger charge is -2.33. The van der Waals surface area contributed by atoms with Gasteiger partial charge in [-0.2, -0.15) is 0 Å². The van der Waals surface area contributed by atoms with Gasteiger partial charge in [0.15, 0.2) is 9.84 Å². The van der Waals surface area contributed by atoms with E-state index in [4.69, 9.17) is 11.6 Å². The number of carboxylic acid groups (broad SMARTS) is 1. The largest absolute Gasteiger partial charge is 0.480 e. The Morgan fingerprint density at radius 2 is 1.89 bits per heavy atom. The molecule has 0 radical (unpaired) electrons. The number of sulfone groups is 1. The van der Waals surface area contributed by atoms with Crippen LogP contribution in [0.25, 0.3) is 10.8 Å². The lowest BCUT2D eigenvalue weighted by molar-refractivity contribution is -0.151. The number of hydrogen-bond acceptors (Lipinski definition) is 5. The number of carbonyl (C=O) groups excluding carboxylic acids is 1. The molecule has 9 heteroatoms. The lowest BCUT2D eigenvalue weighted by Crippen LogP contribution is -2.57. The summed E-state index contributed by atoms with van der Waals surface area (Å²) in [6.07, 6.45) is -0.259. The van der Waals surface area contributed by atoms with Gasteiger partial charge in [-0.05, 0) is 35.0 Å². The smallest absolute Gasteiger partial charge is 0.327 e. The second kappa shape index (κ2) is 7.84. The van der Waals surface area contributed by atoms with E-state index in [9.17, 15) is 23.1 Å². The molecule has 2 aromatic rings. The zero-order valence-electron chi connectivity index (χ0n) is 14.4. The Morgan fingerprint density at radius 1 is 1.19 bits per heavy atom. The van der Waals surface area contributed by atoms with Crippen molar-refractivity contribution in [3.05, 3.63) is 41.4 Å². The third kappa shape index (κ3) is 4.40. The van der Waals surface area contributed by atoms with Crippen LogP contribution in [0, 0.1) is 0 Å².